The number of anilines is 1. The second kappa shape index (κ2) is 5.60. The van der Waals surface area contributed by atoms with Gasteiger partial charge in [0.05, 0.1) is 5.69 Å². The highest BCUT2D eigenvalue weighted by Gasteiger charge is 2.33. The Morgan fingerprint density at radius 1 is 1.14 bits per heavy atom. The lowest BCUT2D eigenvalue weighted by Crippen LogP contribution is -2.45. The first-order valence-corrected chi connectivity index (χ1v) is 7.94. The molecular weight excluding hydrogens is 268 g/mol. The molecule has 1 aliphatic heterocycles. The molecule has 2 aromatic carbocycles. The van der Waals surface area contributed by atoms with Crippen LogP contribution in [-0.2, 0) is 0 Å². The number of nitrogens with zero attached hydrogens (tertiary/aromatic N) is 2. The van der Waals surface area contributed by atoms with Gasteiger partial charge in [0.1, 0.15) is 0 Å². The highest BCUT2D eigenvalue weighted by atomic mass is 15.2. The minimum Gasteiger partial charge on any atom is -0.369 e. The summed E-state index contributed by atoms with van der Waals surface area (Å²) in [7, 11) is 2.20. The normalized spacial score (nSPS) is 20.2. The zero-order valence-electron chi connectivity index (χ0n) is 13.9. The van der Waals surface area contributed by atoms with Gasteiger partial charge < -0.3 is 4.90 Å². The van der Waals surface area contributed by atoms with E-state index in [1.165, 1.54) is 23.2 Å². The van der Waals surface area contributed by atoms with E-state index >= 15 is 0 Å². The molecule has 0 aliphatic carbocycles. The Labute approximate surface area is 133 Å². The van der Waals surface area contributed by atoms with Crippen molar-refractivity contribution in [2.45, 2.75) is 38.6 Å². The van der Waals surface area contributed by atoms with Crippen LogP contribution in [0.5, 0.6) is 0 Å². The topological polar surface area (TPSA) is 15.6 Å². The monoisotopic (exact) mass is 292 g/mol. The quantitative estimate of drug-likeness (QED) is 0.698. The van der Waals surface area contributed by atoms with Gasteiger partial charge in [-0.25, -0.2) is 0 Å². The molecule has 0 radical (unpaired) electrons. The lowest BCUT2D eigenvalue weighted by Gasteiger charge is -2.45. The average molecular weight is 292 g/mol. The molecule has 114 valence electrons. The standard InChI is InChI=1S/C20H24N2/c1-15-13-20(2,3)22(4)19-11-10-16(12-18(15)19)14-21-17-8-6-5-7-9-17/h5-12,14-15H,13H2,1-4H3. The van der Waals surface area contributed by atoms with Gasteiger partial charge in [-0.15, -0.1) is 0 Å². The molecule has 0 spiro atoms. The number of para-hydroxylation sites is 1. The van der Waals surface area contributed by atoms with Crippen LogP contribution in [0.25, 0.3) is 0 Å². The van der Waals surface area contributed by atoms with Gasteiger partial charge in [0.25, 0.3) is 0 Å². The predicted molar refractivity (Wildman–Crippen MR) is 95.7 cm³/mol. The van der Waals surface area contributed by atoms with Crippen LogP contribution in [0.1, 0.15) is 44.2 Å². The van der Waals surface area contributed by atoms with Crippen LogP contribution in [0.3, 0.4) is 0 Å². The average Bonchev–Trinajstić information content (AvgIpc) is 2.51. The van der Waals surface area contributed by atoms with Crippen molar-refractivity contribution in [2.24, 2.45) is 4.99 Å². The van der Waals surface area contributed by atoms with E-state index in [2.05, 4.69) is 55.9 Å². The number of rotatable bonds is 2. The molecule has 1 heterocycles. The Bertz CT molecular complexity index is 686. The van der Waals surface area contributed by atoms with Gasteiger partial charge in [0.15, 0.2) is 0 Å². The fraction of sp³-hybridized carbons (Fsp3) is 0.350. The largest absolute Gasteiger partial charge is 0.369 e. The summed E-state index contributed by atoms with van der Waals surface area (Å²) in [5.41, 5.74) is 5.15. The van der Waals surface area contributed by atoms with E-state index in [1.807, 2.05) is 36.5 Å². The minimum absolute atomic E-state index is 0.214. The van der Waals surface area contributed by atoms with E-state index in [9.17, 15) is 0 Å². The first-order valence-electron chi connectivity index (χ1n) is 7.94. The smallest absolute Gasteiger partial charge is 0.0629 e. The molecule has 2 aromatic rings. The summed E-state index contributed by atoms with van der Waals surface area (Å²) in [5, 5.41) is 0. The van der Waals surface area contributed by atoms with Gasteiger partial charge in [-0.2, -0.15) is 0 Å². The number of aliphatic imine (C=N–C) groups is 1. The predicted octanol–water partition coefficient (Wildman–Crippen LogP) is 5.16. The van der Waals surface area contributed by atoms with Crippen LogP contribution < -0.4 is 4.90 Å². The second-order valence-corrected chi connectivity index (χ2v) is 6.89. The summed E-state index contributed by atoms with van der Waals surface area (Å²) in [5.74, 6) is 0.575. The second-order valence-electron chi connectivity index (χ2n) is 6.89. The van der Waals surface area contributed by atoms with E-state index in [-0.39, 0.29) is 5.54 Å². The first kappa shape index (κ1) is 14.8. The highest BCUT2D eigenvalue weighted by molar-refractivity contribution is 5.83. The summed E-state index contributed by atoms with van der Waals surface area (Å²) in [6, 6.07) is 16.8. The van der Waals surface area contributed by atoms with E-state index in [0.717, 1.165) is 5.69 Å². The number of hydrogen-bond acceptors (Lipinski definition) is 2. The van der Waals surface area contributed by atoms with Gasteiger partial charge in [0, 0.05) is 24.5 Å². The molecule has 0 saturated carbocycles. The fourth-order valence-corrected chi connectivity index (χ4v) is 3.34. The molecule has 0 aromatic heterocycles. The molecule has 1 aliphatic rings. The zero-order valence-corrected chi connectivity index (χ0v) is 13.9. The van der Waals surface area contributed by atoms with Gasteiger partial charge in [-0.1, -0.05) is 31.2 Å². The molecular formula is C20H24N2. The van der Waals surface area contributed by atoms with Crippen LogP contribution in [0, 0.1) is 0 Å². The molecule has 0 saturated heterocycles. The van der Waals surface area contributed by atoms with Crippen LogP contribution in [0.15, 0.2) is 53.5 Å². The van der Waals surface area contributed by atoms with E-state index in [1.54, 1.807) is 0 Å². The van der Waals surface area contributed by atoms with Crippen LogP contribution in [0.4, 0.5) is 11.4 Å². The third kappa shape index (κ3) is 2.78. The molecule has 0 amide bonds. The Kier molecular flexibility index (Phi) is 3.78. The Balaban J connectivity index is 1.92. The van der Waals surface area contributed by atoms with Crippen molar-refractivity contribution in [3.63, 3.8) is 0 Å². The summed E-state index contributed by atoms with van der Waals surface area (Å²) in [6.07, 6.45) is 3.14. The fourth-order valence-electron chi connectivity index (χ4n) is 3.34. The lowest BCUT2D eigenvalue weighted by molar-refractivity contribution is 0.395. The van der Waals surface area contributed by atoms with E-state index in [0.29, 0.717) is 5.92 Å². The maximum absolute atomic E-state index is 4.56. The van der Waals surface area contributed by atoms with Crippen molar-refractivity contribution in [3.05, 3.63) is 59.7 Å². The highest BCUT2D eigenvalue weighted by Crippen LogP contribution is 2.42. The Morgan fingerprint density at radius 2 is 1.86 bits per heavy atom. The maximum atomic E-state index is 4.56. The summed E-state index contributed by atoms with van der Waals surface area (Å²) >= 11 is 0. The number of fused-ring (bicyclic) bond motifs is 1. The SMILES string of the molecule is CC1CC(C)(C)N(C)c2ccc(C=Nc3ccccc3)cc21. The molecule has 2 heteroatoms. The molecule has 0 N–H and O–H groups in total. The van der Waals surface area contributed by atoms with Crippen LogP contribution in [0.2, 0.25) is 0 Å². The lowest BCUT2D eigenvalue weighted by atomic mass is 9.80. The summed E-state index contributed by atoms with van der Waals surface area (Å²) in [4.78, 5) is 6.96. The number of hydrogen-bond donors (Lipinski definition) is 0. The van der Waals surface area contributed by atoms with Gasteiger partial charge >= 0.3 is 0 Å². The molecule has 1 unspecified atom stereocenters. The van der Waals surface area contributed by atoms with Gasteiger partial charge in [-0.3, -0.25) is 4.99 Å². The molecule has 2 nitrogen and oxygen atoms in total. The van der Waals surface area contributed by atoms with Crippen molar-refractivity contribution in [1.82, 2.24) is 0 Å². The third-order valence-corrected chi connectivity index (χ3v) is 4.78. The first-order chi connectivity index (χ1) is 10.5. The van der Waals surface area contributed by atoms with Gasteiger partial charge in [-0.05, 0) is 61.6 Å². The minimum atomic E-state index is 0.214. The molecule has 1 atom stereocenters. The Hall–Kier alpha value is -2.09. The van der Waals surface area contributed by atoms with Gasteiger partial charge in [0.2, 0.25) is 0 Å². The summed E-state index contributed by atoms with van der Waals surface area (Å²) in [6.45, 7) is 6.96. The number of benzene rings is 2. The third-order valence-electron chi connectivity index (χ3n) is 4.78. The van der Waals surface area contributed by atoms with Crippen LogP contribution in [-0.4, -0.2) is 18.8 Å². The summed E-state index contributed by atoms with van der Waals surface area (Å²) < 4.78 is 0. The van der Waals surface area contributed by atoms with Crippen molar-refractivity contribution in [2.75, 3.05) is 11.9 Å². The Morgan fingerprint density at radius 3 is 2.59 bits per heavy atom. The maximum Gasteiger partial charge on any atom is 0.0629 e. The van der Waals surface area contributed by atoms with E-state index in [4.69, 9.17) is 0 Å². The molecule has 3 rings (SSSR count). The molecule has 0 bridgehead atoms. The van der Waals surface area contributed by atoms with Crippen molar-refractivity contribution in [1.29, 1.82) is 0 Å². The van der Waals surface area contributed by atoms with E-state index < -0.39 is 0 Å². The molecule has 22 heavy (non-hydrogen) atoms. The van der Waals surface area contributed by atoms with Crippen molar-refractivity contribution >= 4 is 17.6 Å². The zero-order chi connectivity index (χ0) is 15.7. The van der Waals surface area contributed by atoms with Crippen molar-refractivity contribution in [3.8, 4) is 0 Å². The van der Waals surface area contributed by atoms with Crippen LogP contribution >= 0.6 is 0 Å². The molecule has 0 fully saturated rings. The van der Waals surface area contributed by atoms with Crippen molar-refractivity contribution < 1.29 is 0 Å².